The van der Waals surface area contributed by atoms with Crippen LogP contribution in [0.4, 0.5) is 5.69 Å². The number of nitrogens with zero attached hydrogens (tertiary/aromatic N) is 1. The summed E-state index contributed by atoms with van der Waals surface area (Å²) in [4.78, 5) is 13.2. The van der Waals surface area contributed by atoms with E-state index in [2.05, 4.69) is 15.9 Å². The number of hydrogen-bond donors (Lipinski definition) is 1. The van der Waals surface area contributed by atoms with E-state index in [9.17, 15) is 9.90 Å². The van der Waals surface area contributed by atoms with Gasteiger partial charge in [-0.3, -0.25) is 4.79 Å². The van der Waals surface area contributed by atoms with Crippen LogP contribution < -0.4 is 4.90 Å². The summed E-state index contributed by atoms with van der Waals surface area (Å²) in [7, 11) is 0. The van der Waals surface area contributed by atoms with E-state index in [1.165, 1.54) is 0 Å². The standard InChI is InChI=1S/C11H12BrNO2/c1-7-2-3-9(8(12)6-7)13-5-4-10(14)11(13)15/h2-3,6,10,14H,4-5H2,1H3. The molecule has 2 rings (SSSR count). The second-order valence-electron chi connectivity index (χ2n) is 3.75. The topological polar surface area (TPSA) is 40.5 Å². The lowest BCUT2D eigenvalue weighted by molar-refractivity contribution is -0.124. The number of anilines is 1. The molecule has 0 saturated carbocycles. The van der Waals surface area contributed by atoms with Crippen LogP contribution in [0, 0.1) is 6.92 Å². The Bertz CT molecular complexity index is 406. The fourth-order valence-electron chi connectivity index (χ4n) is 1.73. The van der Waals surface area contributed by atoms with Crippen molar-refractivity contribution < 1.29 is 9.90 Å². The molecule has 1 aromatic rings. The van der Waals surface area contributed by atoms with E-state index in [1.54, 1.807) is 4.90 Å². The van der Waals surface area contributed by atoms with Crippen molar-refractivity contribution in [2.24, 2.45) is 0 Å². The second-order valence-corrected chi connectivity index (χ2v) is 4.60. The average Bonchev–Trinajstić information content (AvgIpc) is 2.49. The third kappa shape index (κ3) is 1.92. The van der Waals surface area contributed by atoms with E-state index in [1.807, 2.05) is 25.1 Å². The molecule has 1 aliphatic rings. The Morgan fingerprint density at radius 1 is 1.53 bits per heavy atom. The molecular formula is C11H12BrNO2. The number of amides is 1. The predicted molar refractivity (Wildman–Crippen MR) is 61.9 cm³/mol. The zero-order valence-electron chi connectivity index (χ0n) is 8.40. The quantitative estimate of drug-likeness (QED) is 0.846. The summed E-state index contributed by atoms with van der Waals surface area (Å²) in [6.07, 6.45) is -0.322. The van der Waals surface area contributed by atoms with Gasteiger partial charge in [-0.25, -0.2) is 0 Å². The molecule has 1 heterocycles. The van der Waals surface area contributed by atoms with Crippen LogP contribution in [0.3, 0.4) is 0 Å². The average molecular weight is 270 g/mol. The van der Waals surface area contributed by atoms with Crippen molar-refractivity contribution in [3.8, 4) is 0 Å². The third-order valence-corrected chi connectivity index (χ3v) is 3.21. The van der Waals surface area contributed by atoms with Gasteiger partial charge in [-0.15, -0.1) is 0 Å². The molecule has 1 fully saturated rings. The first kappa shape index (κ1) is 10.6. The lowest BCUT2D eigenvalue weighted by atomic mass is 10.2. The number of carbonyl (C=O) groups excluding carboxylic acids is 1. The number of aliphatic hydroxyl groups excluding tert-OH is 1. The van der Waals surface area contributed by atoms with Crippen molar-refractivity contribution >= 4 is 27.5 Å². The Hall–Kier alpha value is -0.870. The molecule has 1 N–H and O–H groups in total. The van der Waals surface area contributed by atoms with Crippen LogP contribution in [-0.4, -0.2) is 23.7 Å². The molecular weight excluding hydrogens is 258 g/mol. The minimum absolute atomic E-state index is 0.209. The summed E-state index contributed by atoms with van der Waals surface area (Å²) >= 11 is 3.43. The molecule has 4 heteroatoms. The maximum atomic E-state index is 11.6. The van der Waals surface area contributed by atoms with Gasteiger partial charge in [-0.1, -0.05) is 6.07 Å². The van der Waals surface area contributed by atoms with Crippen LogP contribution in [0.15, 0.2) is 22.7 Å². The van der Waals surface area contributed by atoms with Crippen molar-refractivity contribution in [2.45, 2.75) is 19.4 Å². The highest BCUT2D eigenvalue weighted by Gasteiger charge is 2.31. The highest BCUT2D eigenvalue weighted by molar-refractivity contribution is 9.10. The SMILES string of the molecule is Cc1ccc(N2CCC(O)C2=O)c(Br)c1. The molecule has 15 heavy (non-hydrogen) atoms. The first-order valence-electron chi connectivity index (χ1n) is 4.85. The van der Waals surface area contributed by atoms with Gasteiger partial charge in [0.1, 0.15) is 6.10 Å². The summed E-state index contributed by atoms with van der Waals surface area (Å²) in [5.74, 6) is -0.209. The molecule has 0 spiro atoms. The van der Waals surface area contributed by atoms with Crippen LogP contribution in [0.2, 0.25) is 0 Å². The van der Waals surface area contributed by atoms with Gasteiger partial charge >= 0.3 is 0 Å². The van der Waals surface area contributed by atoms with Crippen molar-refractivity contribution in [2.75, 3.05) is 11.4 Å². The normalized spacial score (nSPS) is 21.1. The van der Waals surface area contributed by atoms with Gasteiger partial charge in [0, 0.05) is 17.4 Å². The van der Waals surface area contributed by atoms with Gasteiger partial charge in [-0.05, 0) is 40.5 Å². The molecule has 3 nitrogen and oxygen atoms in total. The van der Waals surface area contributed by atoms with Crippen molar-refractivity contribution in [3.05, 3.63) is 28.2 Å². The second kappa shape index (κ2) is 3.94. The summed E-state index contributed by atoms with van der Waals surface area (Å²) < 4.78 is 0.893. The van der Waals surface area contributed by atoms with Crippen LogP contribution >= 0.6 is 15.9 Å². The molecule has 1 aliphatic heterocycles. The number of aryl methyl sites for hydroxylation is 1. The summed E-state index contributed by atoms with van der Waals surface area (Å²) in [6.45, 7) is 2.58. The molecule has 1 unspecified atom stereocenters. The molecule has 0 bridgehead atoms. The van der Waals surface area contributed by atoms with E-state index in [0.29, 0.717) is 13.0 Å². The monoisotopic (exact) mass is 269 g/mol. The van der Waals surface area contributed by atoms with Crippen molar-refractivity contribution in [1.29, 1.82) is 0 Å². The van der Waals surface area contributed by atoms with E-state index >= 15 is 0 Å². The number of benzene rings is 1. The highest BCUT2D eigenvalue weighted by atomic mass is 79.9. The summed E-state index contributed by atoms with van der Waals surface area (Å²) in [5, 5.41) is 9.37. The fourth-order valence-corrected chi connectivity index (χ4v) is 2.44. The van der Waals surface area contributed by atoms with Gasteiger partial charge < -0.3 is 10.0 Å². The van der Waals surface area contributed by atoms with Crippen LogP contribution in [-0.2, 0) is 4.79 Å². The molecule has 1 saturated heterocycles. The lowest BCUT2D eigenvalue weighted by Gasteiger charge is -2.17. The maximum absolute atomic E-state index is 11.6. The third-order valence-electron chi connectivity index (χ3n) is 2.57. The first-order chi connectivity index (χ1) is 7.09. The van der Waals surface area contributed by atoms with Gasteiger partial charge in [-0.2, -0.15) is 0 Å². The van der Waals surface area contributed by atoms with Gasteiger partial charge in [0.05, 0.1) is 5.69 Å². The Morgan fingerprint density at radius 3 is 2.80 bits per heavy atom. The molecule has 0 aliphatic carbocycles. The van der Waals surface area contributed by atoms with Crippen LogP contribution in [0.5, 0.6) is 0 Å². The van der Waals surface area contributed by atoms with Crippen LogP contribution in [0.1, 0.15) is 12.0 Å². The smallest absolute Gasteiger partial charge is 0.255 e. The van der Waals surface area contributed by atoms with E-state index in [-0.39, 0.29) is 5.91 Å². The van der Waals surface area contributed by atoms with Gasteiger partial charge in [0.15, 0.2) is 0 Å². The Morgan fingerprint density at radius 2 is 2.27 bits per heavy atom. The van der Waals surface area contributed by atoms with Gasteiger partial charge in [0.2, 0.25) is 0 Å². The van der Waals surface area contributed by atoms with Crippen molar-refractivity contribution in [3.63, 3.8) is 0 Å². The Labute approximate surface area is 96.8 Å². The minimum Gasteiger partial charge on any atom is -0.383 e. The Kier molecular flexibility index (Phi) is 2.80. The molecule has 80 valence electrons. The predicted octanol–water partition coefficient (Wildman–Crippen LogP) is 1.86. The van der Waals surface area contributed by atoms with Gasteiger partial charge in [0.25, 0.3) is 5.91 Å². The van der Waals surface area contributed by atoms with Crippen molar-refractivity contribution in [1.82, 2.24) is 0 Å². The molecule has 0 radical (unpaired) electrons. The van der Waals surface area contributed by atoms with E-state index < -0.39 is 6.10 Å². The minimum atomic E-state index is -0.835. The summed E-state index contributed by atoms with van der Waals surface area (Å²) in [6, 6.07) is 5.82. The number of carbonyl (C=O) groups is 1. The molecule has 0 aromatic heterocycles. The number of rotatable bonds is 1. The number of hydrogen-bond acceptors (Lipinski definition) is 2. The largest absolute Gasteiger partial charge is 0.383 e. The zero-order valence-corrected chi connectivity index (χ0v) is 9.99. The molecule has 1 amide bonds. The number of aliphatic hydroxyl groups is 1. The highest BCUT2D eigenvalue weighted by Crippen LogP contribution is 2.30. The fraction of sp³-hybridized carbons (Fsp3) is 0.364. The summed E-state index contributed by atoms with van der Waals surface area (Å²) in [5.41, 5.74) is 1.97. The van der Waals surface area contributed by atoms with Crippen LogP contribution in [0.25, 0.3) is 0 Å². The van der Waals surface area contributed by atoms with E-state index in [0.717, 1.165) is 15.7 Å². The Balaban J connectivity index is 2.34. The molecule has 1 atom stereocenters. The first-order valence-corrected chi connectivity index (χ1v) is 5.64. The zero-order chi connectivity index (χ0) is 11.0. The van der Waals surface area contributed by atoms with E-state index in [4.69, 9.17) is 0 Å². The maximum Gasteiger partial charge on any atom is 0.255 e. The lowest BCUT2D eigenvalue weighted by Crippen LogP contribution is -2.29. The molecule has 1 aromatic carbocycles. The number of halogens is 1.